The number of carbonyl (C=O) groups excluding carboxylic acids is 1. The van der Waals surface area contributed by atoms with Crippen molar-refractivity contribution in [2.24, 2.45) is 0 Å². The number of esters is 1. The molecule has 0 aliphatic carbocycles. The molecule has 4 aromatic rings. The SMILES string of the molecule is C=C/C=C(\C=C)N(C)c1ccc2c(c1)[Si](C)(C)c1cc(N(C)c3ccccc3)ccc1C21OC(=O)c2ccccc21. The molecule has 5 heteroatoms. The van der Waals surface area contributed by atoms with Crippen LogP contribution in [-0.4, -0.2) is 28.1 Å². The number of fused-ring (bicyclic) bond motifs is 6. The Morgan fingerprint density at radius 3 is 2.05 bits per heavy atom. The zero-order chi connectivity index (χ0) is 28.9. The lowest BCUT2D eigenvalue weighted by Crippen LogP contribution is -2.63. The molecule has 41 heavy (non-hydrogen) atoms. The maximum Gasteiger partial charge on any atom is 0.340 e. The van der Waals surface area contributed by atoms with E-state index in [2.05, 4.69) is 104 Å². The highest BCUT2D eigenvalue weighted by atomic mass is 28.3. The van der Waals surface area contributed by atoms with Gasteiger partial charge in [-0.1, -0.05) is 80.9 Å². The molecule has 0 amide bonds. The lowest BCUT2D eigenvalue weighted by molar-refractivity contribution is 0.0255. The second-order valence-electron chi connectivity index (χ2n) is 11.2. The number of nitrogens with zero attached hydrogens (tertiary/aromatic N) is 2. The Labute approximate surface area is 243 Å². The van der Waals surface area contributed by atoms with Crippen LogP contribution in [0, 0.1) is 0 Å². The molecule has 2 aliphatic rings. The van der Waals surface area contributed by atoms with Crippen molar-refractivity contribution in [1.82, 2.24) is 0 Å². The van der Waals surface area contributed by atoms with Gasteiger partial charge in [-0.15, -0.1) is 0 Å². The van der Waals surface area contributed by atoms with Crippen LogP contribution in [0.15, 0.2) is 128 Å². The monoisotopic (exact) mass is 554 g/mol. The van der Waals surface area contributed by atoms with Crippen LogP contribution in [0.2, 0.25) is 13.1 Å². The van der Waals surface area contributed by atoms with E-state index in [0.717, 1.165) is 39.4 Å². The third-order valence-corrected chi connectivity index (χ3v) is 12.2. The van der Waals surface area contributed by atoms with Crippen LogP contribution >= 0.6 is 0 Å². The van der Waals surface area contributed by atoms with Crippen molar-refractivity contribution in [3.05, 3.63) is 150 Å². The third-order valence-electron chi connectivity index (χ3n) is 8.69. The topological polar surface area (TPSA) is 32.8 Å². The Morgan fingerprint density at radius 1 is 0.780 bits per heavy atom. The minimum Gasteiger partial charge on any atom is -0.441 e. The predicted octanol–water partition coefficient (Wildman–Crippen LogP) is 6.74. The van der Waals surface area contributed by atoms with E-state index in [1.165, 1.54) is 10.4 Å². The van der Waals surface area contributed by atoms with E-state index in [4.69, 9.17) is 4.74 Å². The molecule has 1 unspecified atom stereocenters. The summed E-state index contributed by atoms with van der Waals surface area (Å²) in [6, 6.07) is 31.4. The number of allylic oxidation sites excluding steroid dienone is 3. The highest BCUT2D eigenvalue weighted by molar-refractivity contribution is 7.01. The molecule has 0 aromatic heterocycles. The van der Waals surface area contributed by atoms with E-state index >= 15 is 0 Å². The fraction of sp³-hybridized carbons (Fsp3) is 0.139. The van der Waals surface area contributed by atoms with Crippen molar-refractivity contribution >= 4 is 41.5 Å². The summed E-state index contributed by atoms with van der Waals surface area (Å²) in [5, 5.41) is 2.51. The molecule has 2 aliphatic heterocycles. The minimum atomic E-state index is -2.30. The summed E-state index contributed by atoms with van der Waals surface area (Å²) < 4.78 is 6.51. The number of rotatable bonds is 6. The van der Waals surface area contributed by atoms with Gasteiger partial charge in [-0.2, -0.15) is 0 Å². The van der Waals surface area contributed by atoms with Crippen LogP contribution in [0.4, 0.5) is 17.1 Å². The van der Waals surface area contributed by atoms with Crippen molar-refractivity contribution in [1.29, 1.82) is 0 Å². The van der Waals surface area contributed by atoms with Gasteiger partial charge in [0.05, 0.1) is 5.56 Å². The molecule has 0 saturated heterocycles. The van der Waals surface area contributed by atoms with Gasteiger partial charge in [0, 0.05) is 53.5 Å². The standard InChI is InChI=1S/C36H34N2O2Si/c1-7-14-25(8-2)37(3)27-19-21-31-33(23-27)41(5,6)34-24-28(38(4)26-15-10-9-11-16-26)20-22-32(34)36(31)30-18-13-12-17-29(30)35(39)40-36/h7-24H,1-2H2,3-6H3/b25-14+. The van der Waals surface area contributed by atoms with Gasteiger partial charge in [0.2, 0.25) is 0 Å². The van der Waals surface area contributed by atoms with Crippen molar-refractivity contribution in [2.75, 3.05) is 23.9 Å². The molecule has 0 saturated carbocycles. The van der Waals surface area contributed by atoms with Gasteiger partial charge in [-0.25, -0.2) is 4.79 Å². The molecular formula is C36H34N2O2Si. The maximum absolute atomic E-state index is 13.4. The Morgan fingerprint density at radius 2 is 1.39 bits per heavy atom. The molecule has 0 bridgehead atoms. The molecular weight excluding hydrogens is 520 g/mol. The first kappa shape index (κ1) is 26.6. The number of para-hydroxylation sites is 1. The molecule has 6 rings (SSSR count). The quantitative estimate of drug-likeness (QED) is 0.150. The van der Waals surface area contributed by atoms with E-state index < -0.39 is 13.7 Å². The first-order chi connectivity index (χ1) is 19.7. The normalized spacial score (nSPS) is 18.1. The summed E-state index contributed by atoms with van der Waals surface area (Å²) >= 11 is 0. The molecule has 204 valence electrons. The number of hydrogen-bond acceptors (Lipinski definition) is 4. The molecule has 0 fully saturated rings. The Hall–Kier alpha value is -4.61. The summed E-state index contributed by atoms with van der Waals surface area (Å²) in [6.07, 6.45) is 5.56. The largest absolute Gasteiger partial charge is 0.441 e. The average molecular weight is 555 g/mol. The number of anilines is 3. The summed E-state index contributed by atoms with van der Waals surface area (Å²) in [7, 11) is 1.84. The molecule has 1 spiro atoms. The zero-order valence-corrected chi connectivity index (χ0v) is 25.0. The summed E-state index contributed by atoms with van der Waals surface area (Å²) in [4.78, 5) is 17.7. The van der Waals surface area contributed by atoms with Gasteiger partial charge in [-0.05, 0) is 65.0 Å². The average Bonchev–Trinajstić information content (AvgIpc) is 3.31. The van der Waals surface area contributed by atoms with Crippen molar-refractivity contribution in [3.63, 3.8) is 0 Å². The second-order valence-corrected chi connectivity index (χ2v) is 15.5. The first-order valence-corrected chi connectivity index (χ1v) is 16.8. The number of hydrogen-bond donors (Lipinski definition) is 0. The van der Waals surface area contributed by atoms with Crippen LogP contribution in [-0.2, 0) is 10.3 Å². The Bertz CT molecular complexity index is 1740. The lowest BCUT2D eigenvalue weighted by atomic mass is 9.79. The van der Waals surface area contributed by atoms with Gasteiger partial charge in [0.1, 0.15) is 8.07 Å². The first-order valence-electron chi connectivity index (χ1n) is 13.8. The lowest BCUT2D eigenvalue weighted by Gasteiger charge is -2.44. The van der Waals surface area contributed by atoms with Gasteiger partial charge in [0.25, 0.3) is 0 Å². The van der Waals surface area contributed by atoms with Crippen LogP contribution < -0.4 is 20.2 Å². The van der Waals surface area contributed by atoms with E-state index in [-0.39, 0.29) is 5.97 Å². The fourth-order valence-electron chi connectivity index (χ4n) is 6.42. The highest BCUT2D eigenvalue weighted by Gasteiger charge is 2.56. The van der Waals surface area contributed by atoms with Crippen molar-refractivity contribution in [2.45, 2.75) is 18.7 Å². The molecule has 4 nitrogen and oxygen atoms in total. The highest BCUT2D eigenvalue weighted by Crippen LogP contribution is 2.49. The molecule has 0 radical (unpaired) electrons. The number of carbonyl (C=O) groups is 1. The molecule has 4 aromatic carbocycles. The molecule has 2 heterocycles. The number of ether oxygens (including phenoxy) is 1. The van der Waals surface area contributed by atoms with Crippen molar-refractivity contribution < 1.29 is 9.53 Å². The Balaban J connectivity index is 1.62. The summed E-state index contributed by atoms with van der Waals surface area (Å²) in [6.45, 7) is 12.7. The van der Waals surface area contributed by atoms with Crippen LogP contribution in [0.1, 0.15) is 27.0 Å². The number of benzene rings is 4. The third kappa shape index (κ3) is 3.91. The zero-order valence-electron chi connectivity index (χ0n) is 24.0. The van der Waals surface area contributed by atoms with Crippen LogP contribution in [0.25, 0.3) is 0 Å². The number of likely N-dealkylation sites (N-methyl/N-ethyl adjacent to an activating group) is 1. The smallest absolute Gasteiger partial charge is 0.340 e. The van der Waals surface area contributed by atoms with E-state index in [9.17, 15) is 4.79 Å². The molecule has 0 N–H and O–H groups in total. The minimum absolute atomic E-state index is 0.284. The van der Waals surface area contributed by atoms with Crippen molar-refractivity contribution in [3.8, 4) is 0 Å². The van der Waals surface area contributed by atoms with Gasteiger partial charge in [-0.3, -0.25) is 0 Å². The van der Waals surface area contributed by atoms with Crippen LogP contribution in [0.3, 0.4) is 0 Å². The summed E-state index contributed by atoms with van der Waals surface area (Å²) in [5.41, 5.74) is 6.86. The van der Waals surface area contributed by atoms with E-state index in [0.29, 0.717) is 5.56 Å². The second kappa shape index (κ2) is 9.79. The van der Waals surface area contributed by atoms with Gasteiger partial charge >= 0.3 is 5.97 Å². The van der Waals surface area contributed by atoms with E-state index in [1.54, 1.807) is 6.08 Å². The maximum atomic E-state index is 13.4. The van der Waals surface area contributed by atoms with Gasteiger partial charge < -0.3 is 14.5 Å². The van der Waals surface area contributed by atoms with Gasteiger partial charge in [0.15, 0.2) is 5.60 Å². The summed E-state index contributed by atoms with van der Waals surface area (Å²) in [5.74, 6) is -0.284. The molecule has 1 atom stereocenters. The predicted molar refractivity (Wildman–Crippen MR) is 173 cm³/mol. The van der Waals surface area contributed by atoms with E-state index in [1.807, 2.05) is 49.5 Å². The fourth-order valence-corrected chi connectivity index (χ4v) is 9.60. The van der Waals surface area contributed by atoms with Crippen LogP contribution in [0.5, 0.6) is 0 Å². The Kier molecular flexibility index (Phi) is 6.35.